The zero-order valence-corrected chi connectivity index (χ0v) is 9.44. The molecular weight excluding hydrogens is 226 g/mol. The first-order valence-electron chi connectivity index (χ1n) is 5.08. The van der Waals surface area contributed by atoms with Gasteiger partial charge in [-0.25, -0.2) is 0 Å². The van der Waals surface area contributed by atoms with Crippen LogP contribution in [0, 0.1) is 0 Å². The van der Waals surface area contributed by atoms with E-state index in [1.807, 2.05) is 18.2 Å². The molecule has 0 radical (unpaired) electrons. The Morgan fingerprint density at radius 1 is 1.25 bits per heavy atom. The summed E-state index contributed by atoms with van der Waals surface area (Å²) in [6.07, 6.45) is 1.54. The van der Waals surface area contributed by atoms with Crippen molar-refractivity contribution in [1.82, 2.24) is 10.2 Å². The summed E-state index contributed by atoms with van der Waals surface area (Å²) in [6.45, 7) is 0.615. The van der Waals surface area contributed by atoms with Crippen LogP contribution >= 0.6 is 11.6 Å². The zero-order valence-electron chi connectivity index (χ0n) is 8.69. The maximum Gasteiger partial charge on any atom is 0.249 e. The minimum Gasteiger partial charge on any atom is -0.421 e. The Morgan fingerprint density at radius 3 is 2.81 bits per heavy atom. The van der Waals surface area contributed by atoms with Gasteiger partial charge in [-0.3, -0.25) is 0 Å². The van der Waals surface area contributed by atoms with Gasteiger partial charge in [0.05, 0.1) is 10.6 Å². The summed E-state index contributed by atoms with van der Waals surface area (Å²) in [5, 5.41) is 8.51. The Balaban J connectivity index is 2.22. The summed E-state index contributed by atoms with van der Waals surface area (Å²) in [5.74, 6) is 1.05. The van der Waals surface area contributed by atoms with Crippen molar-refractivity contribution in [3.63, 3.8) is 0 Å². The maximum atomic E-state index is 6.02. The van der Waals surface area contributed by atoms with Gasteiger partial charge < -0.3 is 10.2 Å². The van der Waals surface area contributed by atoms with Gasteiger partial charge in [0.15, 0.2) is 0 Å². The molecule has 0 aliphatic carbocycles. The standard InChI is InChI=1S/C11H12ClN3O/c12-9-5-2-1-4-8(9)11-15-14-10(16-11)6-3-7-13/h1-2,4-5H,3,6-7,13H2. The number of nitrogens with zero attached hydrogens (tertiary/aromatic N) is 2. The van der Waals surface area contributed by atoms with Gasteiger partial charge >= 0.3 is 0 Å². The van der Waals surface area contributed by atoms with Crippen LogP contribution in [0.1, 0.15) is 12.3 Å². The number of benzene rings is 1. The van der Waals surface area contributed by atoms with E-state index in [9.17, 15) is 0 Å². The summed E-state index contributed by atoms with van der Waals surface area (Å²) < 4.78 is 5.49. The van der Waals surface area contributed by atoms with Gasteiger partial charge in [0.1, 0.15) is 0 Å². The Morgan fingerprint density at radius 2 is 2.06 bits per heavy atom. The molecule has 1 aromatic carbocycles. The third kappa shape index (κ3) is 2.40. The molecule has 0 amide bonds. The summed E-state index contributed by atoms with van der Waals surface area (Å²) in [4.78, 5) is 0. The van der Waals surface area contributed by atoms with E-state index in [1.165, 1.54) is 0 Å². The predicted octanol–water partition coefficient (Wildman–Crippen LogP) is 2.28. The lowest BCUT2D eigenvalue weighted by Crippen LogP contribution is -2.00. The molecule has 1 heterocycles. The van der Waals surface area contributed by atoms with E-state index in [0.717, 1.165) is 12.0 Å². The molecule has 0 spiro atoms. The molecule has 0 fully saturated rings. The van der Waals surface area contributed by atoms with E-state index in [-0.39, 0.29) is 0 Å². The Hall–Kier alpha value is -1.39. The van der Waals surface area contributed by atoms with Crippen molar-refractivity contribution < 1.29 is 4.42 Å². The van der Waals surface area contributed by atoms with Crippen LogP contribution in [0.15, 0.2) is 28.7 Å². The molecule has 1 aromatic heterocycles. The summed E-state index contributed by atoms with van der Waals surface area (Å²) >= 11 is 6.02. The Labute approximate surface area is 98.4 Å². The number of rotatable bonds is 4. The van der Waals surface area contributed by atoms with Crippen LogP contribution in [0.4, 0.5) is 0 Å². The third-order valence-electron chi connectivity index (χ3n) is 2.17. The second kappa shape index (κ2) is 5.09. The van der Waals surface area contributed by atoms with Gasteiger partial charge in [-0.2, -0.15) is 0 Å². The molecule has 0 saturated carbocycles. The number of aromatic nitrogens is 2. The van der Waals surface area contributed by atoms with Crippen molar-refractivity contribution in [2.75, 3.05) is 6.54 Å². The Kier molecular flexibility index (Phi) is 3.54. The summed E-state index contributed by atoms with van der Waals surface area (Å²) in [5.41, 5.74) is 6.17. The van der Waals surface area contributed by atoms with Crippen LogP contribution in [0.5, 0.6) is 0 Å². The summed E-state index contributed by atoms with van der Waals surface area (Å²) in [7, 11) is 0. The van der Waals surface area contributed by atoms with Gasteiger partial charge in [0.25, 0.3) is 0 Å². The molecule has 0 aliphatic rings. The van der Waals surface area contributed by atoms with Crippen molar-refractivity contribution in [2.45, 2.75) is 12.8 Å². The van der Waals surface area contributed by atoms with Crippen LogP contribution in [0.3, 0.4) is 0 Å². The van der Waals surface area contributed by atoms with E-state index in [1.54, 1.807) is 6.07 Å². The number of hydrogen-bond donors (Lipinski definition) is 1. The zero-order chi connectivity index (χ0) is 11.4. The molecule has 0 bridgehead atoms. The maximum absolute atomic E-state index is 6.02. The van der Waals surface area contributed by atoms with Crippen LogP contribution in [0.25, 0.3) is 11.5 Å². The first-order valence-corrected chi connectivity index (χ1v) is 5.46. The molecule has 4 nitrogen and oxygen atoms in total. The fourth-order valence-corrected chi connectivity index (χ4v) is 1.57. The molecule has 2 aromatic rings. The van der Waals surface area contributed by atoms with Gasteiger partial charge in [0.2, 0.25) is 11.8 Å². The minimum absolute atomic E-state index is 0.456. The lowest BCUT2D eigenvalue weighted by atomic mass is 10.2. The predicted molar refractivity (Wildman–Crippen MR) is 62.1 cm³/mol. The van der Waals surface area contributed by atoms with E-state index >= 15 is 0 Å². The van der Waals surface area contributed by atoms with Crippen molar-refractivity contribution in [3.8, 4) is 11.5 Å². The SMILES string of the molecule is NCCCc1nnc(-c2ccccc2Cl)o1. The lowest BCUT2D eigenvalue weighted by molar-refractivity contribution is 0.499. The monoisotopic (exact) mass is 237 g/mol. The Bertz CT molecular complexity index is 470. The normalized spacial score (nSPS) is 10.6. The van der Waals surface area contributed by atoms with E-state index in [4.69, 9.17) is 21.8 Å². The highest BCUT2D eigenvalue weighted by Crippen LogP contribution is 2.26. The number of halogens is 1. The quantitative estimate of drug-likeness (QED) is 0.886. The largest absolute Gasteiger partial charge is 0.421 e. The molecule has 16 heavy (non-hydrogen) atoms. The average molecular weight is 238 g/mol. The fraction of sp³-hybridized carbons (Fsp3) is 0.273. The smallest absolute Gasteiger partial charge is 0.249 e. The first-order chi connectivity index (χ1) is 7.81. The fourth-order valence-electron chi connectivity index (χ4n) is 1.35. The molecule has 84 valence electrons. The van der Waals surface area contributed by atoms with E-state index in [2.05, 4.69) is 10.2 Å². The second-order valence-corrected chi connectivity index (χ2v) is 3.78. The van der Waals surface area contributed by atoms with E-state index < -0.39 is 0 Å². The van der Waals surface area contributed by atoms with Crippen molar-refractivity contribution in [1.29, 1.82) is 0 Å². The van der Waals surface area contributed by atoms with Crippen LogP contribution in [-0.2, 0) is 6.42 Å². The lowest BCUT2D eigenvalue weighted by Gasteiger charge is -1.96. The highest BCUT2D eigenvalue weighted by atomic mass is 35.5. The van der Waals surface area contributed by atoms with Gasteiger partial charge in [-0.15, -0.1) is 10.2 Å². The molecular formula is C11H12ClN3O. The molecule has 2 rings (SSSR count). The van der Waals surface area contributed by atoms with Crippen molar-refractivity contribution in [2.24, 2.45) is 5.73 Å². The van der Waals surface area contributed by atoms with E-state index in [0.29, 0.717) is 29.8 Å². The van der Waals surface area contributed by atoms with Crippen LogP contribution in [-0.4, -0.2) is 16.7 Å². The van der Waals surface area contributed by atoms with Gasteiger partial charge in [-0.1, -0.05) is 23.7 Å². The van der Waals surface area contributed by atoms with Gasteiger partial charge in [-0.05, 0) is 25.1 Å². The first kappa shape index (κ1) is 11.1. The topological polar surface area (TPSA) is 64.9 Å². The number of aryl methyl sites for hydroxylation is 1. The molecule has 2 N–H and O–H groups in total. The average Bonchev–Trinajstić information content (AvgIpc) is 2.75. The van der Waals surface area contributed by atoms with Crippen molar-refractivity contribution in [3.05, 3.63) is 35.2 Å². The molecule has 0 atom stereocenters. The van der Waals surface area contributed by atoms with Gasteiger partial charge in [0, 0.05) is 6.42 Å². The third-order valence-corrected chi connectivity index (χ3v) is 2.50. The van der Waals surface area contributed by atoms with Crippen molar-refractivity contribution >= 4 is 11.6 Å². The number of hydrogen-bond acceptors (Lipinski definition) is 4. The highest BCUT2D eigenvalue weighted by molar-refractivity contribution is 6.33. The molecule has 0 unspecified atom stereocenters. The van der Waals surface area contributed by atoms with Crippen LogP contribution < -0.4 is 5.73 Å². The highest BCUT2D eigenvalue weighted by Gasteiger charge is 2.10. The molecule has 0 saturated heterocycles. The summed E-state index contributed by atoms with van der Waals surface area (Å²) in [6, 6.07) is 7.38. The number of nitrogens with two attached hydrogens (primary N) is 1. The molecule has 0 aliphatic heterocycles. The molecule has 5 heteroatoms. The van der Waals surface area contributed by atoms with Crippen LogP contribution in [0.2, 0.25) is 5.02 Å². The minimum atomic E-state index is 0.456. The second-order valence-electron chi connectivity index (χ2n) is 3.37.